The van der Waals surface area contributed by atoms with Gasteiger partial charge in [0.2, 0.25) is 0 Å². The molecule has 78 valence electrons. The highest BCUT2D eigenvalue weighted by Gasteiger charge is 2.34. The summed E-state index contributed by atoms with van der Waals surface area (Å²) in [4.78, 5) is 10.4. The molecule has 0 fully saturated rings. The number of carboxylic acid groups (broad SMARTS) is 1. The lowest BCUT2D eigenvalue weighted by atomic mass is 10.0. The zero-order chi connectivity index (χ0) is 10.6. The van der Waals surface area contributed by atoms with E-state index in [0.717, 1.165) is 5.32 Å². The smallest absolute Gasteiger partial charge is 0.457 e. The molecule has 0 aromatic rings. The number of halogens is 3. The van der Waals surface area contributed by atoms with Gasteiger partial charge in [-0.05, 0) is 12.3 Å². The van der Waals surface area contributed by atoms with Crippen LogP contribution in [0.3, 0.4) is 0 Å². The van der Waals surface area contributed by atoms with E-state index in [1.165, 1.54) is 0 Å². The lowest BCUT2D eigenvalue weighted by Gasteiger charge is -2.17. The van der Waals surface area contributed by atoms with Crippen LogP contribution in [0.4, 0.5) is 13.2 Å². The largest absolute Gasteiger partial charge is 0.480 e. The molecule has 0 amide bonds. The monoisotopic (exact) mass is 199 g/mol. The van der Waals surface area contributed by atoms with Crippen molar-refractivity contribution in [2.75, 3.05) is 0 Å². The summed E-state index contributed by atoms with van der Waals surface area (Å²) in [5.74, 6) is -1.58. The van der Waals surface area contributed by atoms with Gasteiger partial charge in [-0.15, -0.1) is 0 Å². The summed E-state index contributed by atoms with van der Waals surface area (Å²) < 4.78 is 35.2. The van der Waals surface area contributed by atoms with Gasteiger partial charge in [0.25, 0.3) is 0 Å². The number of carbonyl (C=O) groups is 1. The fourth-order valence-corrected chi connectivity index (χ4v) is 0.890. The maximum atomic E-state index is 11.7. The topological polar surface area (TPSA) is 49.3 Å². The molecule has 2 N–H and O–H groups in total. The van der Waals surface area contributed by atoms with Gasteiger partial charge in [0.1, 0.15) is 6.04 Å². The molecule has 0 saturated heterocycles. The second kappa shape index (κ2) is 4.45. The molecule has 0 aliphatic heterocycles. The van der Waals surface area contributed by atoms with E-state index in [0.29, 0.717) is 0 Å². The molecule has 0 aliphatic rings. The third-order valence-corrected chi connectivity index (χ3v) is 1.34. The van der Waals surface area contributed by atoms with E-state index < -0.39 is 18.3 Å². The lowest BCUT2D eigenvalue weighted by molar-refractivity contribution is -0.175. The minimum Gasteiger partial charge on any atom is -0.480 e. The van der Waals surface area contributed by atoms with Crippen molar-refractivity contribution in [3.63, 3.8) is 0 Å². The van der Waals surface area contributed by atoms with Crippen molar-refractivity contribution in [3.8, 4) is 0 Å². The minimum atomic E-state index is -4.64. The first kappa shape index (κ1) is 12.2. The first-order valence-corrected chi connectivity index (χ1v) is 3.79. The van der Waals surface area contributed by atoms with Crippen LogP contribution >= 0.6 is 0 Å². The summed E-state index contributed by atoms with van der Waals surface area (Å²) in [7, 11) is 0. The zero-order valence-electron chi connectivity index (χ0n) is 7.35. The van der Waals surface area contributed by atoms with Gasteiger partial charge in [-0.25, -0.2) is 5.32 Å². The van der Waals surface area contributed by atoms with Gasteiger partial charge in [-0.3, -0.25) is 4.79 Å². The molecule has 1 unspecified atom stereocenters. The van der Waals surface area contributed by atoms with E-state index in [1.54, 1.807) is 13.8 Å². The van der Waals surface area contributed by atoms with Crippen molar-refractivity contribution in [1.82, 2.24) is 5.32 Å². The maximum Gasteiger partial charge on any atom is 0.457 e. The Morgan fingerprint density at radius 2 is 1.92 bits per heavy atom. The average Bonchev–Trinajstić information content (AvgIpc) is 1.81. The number of rotatable bonds is 4. The number of nitrogens with one attached hydrogen (secondary N) is 1. The fourth-order valence-electron chi connectivity index (χ4n) is 0.890. The first-order valence-electron chi connectivity index (χ1n) is 3.79. The summed E-state index contributed by atoms with van der Waals surface area (Å²) in [5.41, 5.74) is 0. The molecule has 0 rings (SSSR count). The highest BCUT2D eigenvalue weighted by Crippen LogP contribution is 2.14. The van der Waals surface area contributed by atoms with Crippen LogP contribution in [0.25, 0.3) is 0 Å². The molecule has 0 bridgehead atoms. The number of alkyl halides is 3. The average molecular weight is 199 g/mol. The Morgan fingerprint density at radius 1 is 1.46 bits per heavy atom. The molecule has 0 radical (unpaired) electrons. The molecule has 13 heavy (non-hydrogen) atoms. The predicted octanol–water partition coefficient (Wildman–Crippen LogP) is 1.60. The van der Waals surface area contributed by atoms with Crippen molar-refractivity contribution in [2.45, 2.75) is 32.6 Å². The Labute approximate surface area is 73.9 Å². The molecular weight excluding hydrogens is 187 g/mol. The van der Waals surface area contributed by atoms with Crippen LogP contribution in [0, 0.1) is 5.92 Å². The summed E-state index contributed by atoms with van der Waals surface area (Å²) in [6, 6.07) is -1.56. The van der Waals surface area contributed by atoms with E-state index in [9.17, 15) is 18.0 Å². The van der Waals surface area contributed by atoms with Crippen LogP contribution in [-0.4, -0.2) is 23.4 Å². The third-order valence-electron chi connectivity index (χ3n) is 1.34. The molecule has 0 heterocycles. The van der Waals surface area contributed by atoms with Gasteiger partial charge < -0.3 is 5.11 Å². The Balaban J connectivity index is 4.19. The van der Waals surface area contributed by atoms with Gasteiger partial charge in [0.05, 0.1) is 0 Å². The Kier molecular flexibility index (Phi) is 4.19. The lowest BCUT2D eigenvalue weighted by Crippen LogP contribution is -2.46. The highest BCUT2D eigenvalue weighted by molar-refractivity contribution is 5.73. The molecule has 6 heteroatoms. The number of hydrogen-bond donors (Lipinski definition) is 2. The maximum absolute atomic E-state index is 11.7. The second-order valence-electron chi connectivity index (χ2n) is 3.16. The van der Waals surface area contributed by atoms with Crippen molar-refractivity contribution < 1.29 is 23.1 Å². The van der Waals surface area contributed by atoms with Crippen LogP contribution in [0.2, 0.25) is 0 Å². The minimum absolute atomic E-state index is 0.0468. The van der Waals surface area contributed by atoms with Gasteiger partial charge >= 0.3 is 12.3 Å². The van der Waals surface area contributed by atoms with E-state index in [4.69, 9.17) is 5.11 Å². The SMILES string of the molecule is CC(C)CC(NC(F)(F)F)C(=O)O. The van der Waals surface area contributed by atoms with Crippen molar-refractivity contribution in [3.05, 3.63) is 0 Å². The molecule has 1 atom stereocenters. The van der Waals surface area contributed by atoms with Crippen LogP contribution in [0.1, 0.15) is 20.3 Å². The third kappa shape index (κ3) is 6.39. The molecule has 0 aliphatic carbocycles. The number of carboxylic acids is 1. The van der Waals surface area contributed by atoms with Gasteiger partial charge in [0.15, 0.2) is 0 Å². The summed E-state index contributed by atoms with van der Waals surface area (Å²) in [5, 5.41) is 9.51. The second-order valence-corrected chi connectivity index (χ2v) is 3.16. The fraction of sp³-hybridized carbons (Fsp3) is 0.857. The van der Waals surface area contributed by atoms with Crippen LogP contribution in [0.5, 0.6) is 0 Å². The molecule has 0 saturated carbocycles. The van der Waals surface area contributed by atoms with Crippen LogP contribution in [-0.2, 0) is 4.79 Å². The Bertz CT molecular complexity index is 179. The quantitative estimate of drug-likeness (QED) is 0.676. The molecule has 0 aromatic carbocycles. The van der Waals surface area contributed by atoms with Crippen molar-refractivity contribution in [1.29, 1.82) is 0 Å². The van der Waals surface area contributed by atoms with E-state index in [1.807, 2.05) is 0 Å². The molecule has 3 nitrogen and oxygen atoms in total. The summed E-state index contributed by atoms with van der Waals surface area (Å²) >= 11 is 0. The van der Waals surface area contributed by atoms with Crippen molar-refractivity contribution in [2.24, 2.45) is 5.92 Å². The van der Waals surface area contributed by atoms with Gasteiger partial charge in [-0.2, -0.15) is 13.2 Å². The van der Waals surface area contributed by atoms with Crippen LogP contribution < -0.4 is 5.32 Å². The summed E-state index contributed by atoms with van der Waals surface area (Å²) in [6.45, 7) is 3.32. The predicted molar refractivity (Wildman–Crippen MR) is 40.1 cm³/mol. The van der Waals surface area contributed by atoms with Crippen molar-refractivity contribution >= 4 is 5.97 Å². The number of aliphatic carboxylic acids is 1. The Hall–Kier alpha value is -0.780. The van der Waals surface area contributed by atoms with Gasteiger partial charge in [-0.1, -0.05) is 13.8 Å². The van der Waals surface area contributed by atoms with E-state index in [2.05, 4.69) is 0 Å². The zero-order valence-corrected chi connectivity index (χ0v) is 7.35. The number of hydrogen-bond acceptors (Lipinski definition) is 2. The van der Waals surface area contributed by atoms with E-state index >= 15 is 0 Å². The normalized spacial score (nSPS) is 14.6. The van der Waals surface area contributed by atoms with Gasteiger partial charge in [0, 0.05) is 0 Å². The van der Waals surface area contributed by atoms with E-state index in [-0.39, 0.29) is 12.3 Å². The van der Waals surface area contributed by atoms with Crippen LogP contribution in [0.15, 0.2) is 0 Å². The Morgan fingerprint density at radius 3 is 2.15 bits per heavy atom. The molecule has 0 spiro atoms. The molecular formula is C7H12F3NO2. The standard InChI is InChI=1S/C7H12F3NO2/c1-4(2)3-5(6(12)13)11-7(8,9)10/h4-5,11H,3H2,1-2H3,(H,12,13). The molecule has 0 aromatic heterocycles. The summed E-state index contributed by atoms with van der Waals surface area (Å²) in [6.07, 6.45) is -4.69. The highest BCUT2D eigenvalue weighted by atomic mass is 19.4. The first-order chi connectivity index (χ1) is 5.72.